The summed E-state index contributed by atoms with van der Waals surface area (Å²) in [6.07, 6.45) is 7.70. The predicted molar refractivity (Wildman–Crippen MR) is 106 cm³/mol. The van der Waals surface area contributed by atoms with Gasteiger partial charge in [-0.2, -0.15) is 5.10 Å². The maximum atomic E-state index is 12.6. The van der Waals surface area contributed by atoms with Gasteiger partial charge >= 0.3 is 0 Å². The number of nitrogens with zero attached hydrogens (tertiary/aromatic N) is 5. The highest BCUT2D eigenvalue weighted by Crippen LogP contribution is 2.25. The van der Waals surface area contributed by atoms with E-state index in [1.165, 1.54) is 0 Å². The first-order valence-electron chi connectivity index (χ1n) is 9.63. The number of aryl methyl sites for hydroxylation is 1. The van der Waals surface area contributed by atoms with E-state index in [-0.39, 0.29) is 30.5 Å². The lowest BCUT2D eigenvalue weighted by Gasteiger charge is -2.33. The molecule has 1 amide bonds. The zero-order valence-corrected chi connectivity index (χ0v) is 16.8. The van der Waals surface area contributed by atoms with E-state index in [1.54, 1.807) is 17.2 Å². The Kier molecular flexibility index (Phi) is 5.09. The Hall–Kier alpha value is -2.42. The molecular formula is C19H25N5O3S. The molecule has 2 aromatic rings. The van der Waals surface area contributed by atoms with Crippen LogP contribution in [0.1, 0.15) is 34.8 Å². The number of sulfone groups is 1. The van der Waals surface area contributed by atoms with Gasteiger partial charge in [0.25, 0.3) is 5.91 Å². The number of hydrogen-bond donors (Lipinski definition) is 0. The van der Waals surface area contributed by atoms with Crippen LogP contribution in [0.15, 0.2) is 30.7 Å². The number of amides is 1. The van der Waals surface area contributed by atoms with Gasteiger partial charge in [-0.05, 0) is 37.5 Å². The zero-order valence-electron chi connectivity index (χ0n) is 16.0. The van der Waals surface area contributed by atoms with E-state index in [9.17, 15) is 13.2 Å². The molecule has 150 valence electrons. The van der Waals surface area contributed by atoms with Crippen LogP contribution in [0, 0.1) is 6.92 Å². The van der Waals surface area contributed by atoms with Crippen molar-refractivity contribution in [3.63, 3.8) is 0 Å². The number of piperidine rings is 1. The number of carbonyl (C=O) groups is 1. The van der Waals surface area contributed by atoms with Crippen molar-refractivity contribution in [3.8, 4) is 0 Å². The molecule has 2 aliphatic rings. The molecule has 0 radical (unpaired) electrons. The van der Waals surface area contributed by atoms with E-state index in [2.05, 4.69) is 21.2 Å². The van der Waals surface area contributed by atoms with Crippen LogP contribution in [0.2, 0.25) is 0 Å². The quantitative estimate of drug-likeness (QED) is 0.768. The monoisotopic (exact) mass is 403 g/mol. The minimum absolute atomic E-state index is 0.0340. The lowest BCUT2D eigenvalue weighted by molar-refractivity contribution is 0.0770. The Labute approximate surface area is 165 Å². The number of aromatic nitrogens is 3. The third-order valence-corrected chi connectivity index (χ3v) is 7.06. The minimum Gasteiger partial charge on any atom is -0.354 e. The average Bonchev–Trinajstić information content (AvgIpc) is 3.14. The molecule has 0 saturated carbocycles. The van der Waals surface area contributed by atoms with E-state index in [0.717, 1.165) is 37.3 Å². The first-order chi connectivity index (χ1) is 13.4. The Morgan fingerprint density at radius 1 is 1.14 bits per heavy atom. The van der Waals surface area contributed by atoms with Crippen molar-refractivity contribution >= 4 is 21.6 Å². The number of hydrogen-bond acceptors (Lipinski definition) is 6. The van der Waals surface area contributed by atoms with Gasteiger partial charge in [-0.25, -0.2) is 13.4 Å². The van der Waals surface area contributed by atoms with Crippen LogP contribution < -0.4 is 4.90 Å². The minimum atomic E-state index is -3.00. The van der Waals surface area contributed by atoms with Crippen LogP contribution >= 0.6 is 0 Å². The second-order valence-electron chi connectivity index (χ2n) is 7.59. The van der Waals surface area contributed by atoms with Crippen molar-refractivity contribution in [2.45, 2.75) is 25.8 Å². The Balaban J connectivity index is 1.42. The molecule has 0 spiro atoms. The summed E-state index contributed by atoms with van der Waals surface area (Å²) in [4.78, 5) is 20.9. The lowest BCUT2D eigenvalue weighted by atomic mass is 10.1. The van der Waals surface area contributed by atoms with Crippen LogP contribution in [0.4, 0.5) is 5.82 Å². The van der Waals surface area contributed by atoms with Crippen molar-refractivity contribution in [1.82, 2.24) is 19.7 Å². The molecule has 4 heterocycles. The van der Waals surface area contributed by atoms with Gasteiger partial charge in [-0.3, -0.25) is 9.48 Å². The molecule has 0 bridgehead atoms. The Morgan fingerprint density at radius 3 is 2.57 bits per heavy atom. The van der Waals surface area contributed by atoms with Gasteiger partial charge in [0.15, 0.2) is 9.84 Å². The summed E-state index contributed by atoms with van der Waals surface area (Å²) in [5.74, 6) is 0.766. The van der Waals surface area contributed by atoms with Gasteiger partial charge < -0.3 is 9.80 Å². The Morgan fingerprint density at radius 2 is 1.93 bits per heavy atom. The van der Waals surface area contributed by atoms with E-state index in [1.807, 2.05) is 23.9 Å². The summed E-state index contributed by atoms with van der Waals surface area (Å²) in [5, 5.41) is 4.44. The molecular weight excluding hydrogens is 378 g/mol. The van der Waals surface area contributed by atoms with E-state index in [4.69, 9.17) is 0 Å². The summed E-state index contributed by atoms with van der Waals surface area (Å²) in [6.45, 7) is 4.31. The fourth-order valence-electron chi connectivity index (χ4n) is 3.81. The first kappa shape index (κ1) is 18.9. The van der Waals surface area contributed by atoms with Gasteiger partial charge in [-0.1, -0.05) is 0 Å². The van der Waals surface area contributed by atoms with Gasteiger partial charge in [0.1, 0.15) is 5.82 Å². The number of rotatable bonds is 3. The third-order valence-electron chi connectivity index (χ3n) is 5.45. The normalized spacial score (nSPS) is 22.2. The largest absolute Gasteiger partial charge is 0.354 e. The van der Waals surface area contributed by atoms with E-state index in [0.29, 0.717) is 11.6 Å². The summed E-state index contributed by atoms with van der Waals surface area (Å²) < 4.78 is 25.1. The summed E-state index contributed by atoms with van der Waals surface area (Å²) in [5.41, 5.74) is 1.66. The van der Waals surface area contributed by atoms with Gasteiger partial charge in [0.05, 0.1) is 29.3 Å². The SMILES string of the molecule is Cc1cnn(C2CCCN(c3ccc(C(=O)N4CCS(=O)(=O)CC4)cn3)C2)c1. The number of anilines is 1. The number of pyridine rings is 1. The van der Waals surface area contributed by atoms with Crippen LogP contribution in [0.5, 0.6) is 0 Å². The van der Waals surface area contributed by atoms with Crippen molar-refractivity contribution in [2.24, 2.45) is 0 Å². The molecule has 2 saturated heterocycles. The molecule has 1 atom stereocenters. The second kappa shape index (κ2) is 7.54. The van der Waals surface area contributed by atoms with Crippen LogP contribution in [-0.4, -0.2) is 71.7 Å². The van der Waals surface area contributed by atoms with Crippen molar-refractivity contribution in [3.05, 3.63) is 41.9 Å². The summed E-state index contributed by atoms with van der Waals surface area (Å²) >= 11 is 0. The molecule has 2 aliphatic heterocycles. The molecule has 8 nitrogen and oxygen atoms in total. The van der Waals surface area contributed by atoms with Crippen molar-refractivity contribution in [2.75, 3.05) is 42.6 Å². The molecule has 1 unspecified atom stereocenters. The smallest absolute Gasteiger partial charge is 0.255 e. The standard InChI is InChI=1S/C19H25N5O3S/c1-15-11-21-24(13-15)17-3-2-6-23(14-17)18-5-4-16(12-20-18)19(25)22-7-9-28(26,27)10-8-22/h4-5,11-13,17H,2-3,6-10,14H2,1H3. The fraction of sp³-hybridized carbons (Fsp3) is 0.526. The lowest BCUT2D eigenvalue weighted by Crippen LogP contribution is -2.43. The van der Waals surface area contributed by atoms with Crippen LogP contribution in [-0.2, 0) is 9.84 Å². The maximum Gasteiger partial charge on any atom is 0.255 e. The maximum absolute atomic E-state index is 12.6. The van der Waals surface area contributed by atoms with E-state index >= 15 is 0 Å². The van der Waals surface area contributed by atoms with Gasteiger partial charge in [0, 0.05) is 38.6 Å². The van der Waals surface area contributed by atoms with Crippen LogP contribution in [0.25, 0.3) is 0 Å². The van der Waals surface area contributed by atoms with Gasteiger partial charge in [-0.15, -0.1) is 0 Å². The summed E-state index contributed by atoms with van der Waals surface area (Å²) in [7, 11) is -3.00. The zero-order chi connectivity index (χ0) is 19.7. The highest BCUT2D eigenvalue weighted by molar-refractivity contribution is 7.91. The molecule has 2 fully saturated rings. The molecule has 0 aromatic carbocycles. The average molecular weight is 404 g/mol. The molecule has 0 aliphatic carbocycles. The molecule has 28 heavy (non-hydrogen) atoms. The van der Waals surface area contributed by atoms with Gasteiger partial charge in [0.2, 0.25) is 0 Å². The molecule has 9 heteroatoms. The third kappa shape index (κ3) is 4.04. The van der Waals surface area contributed by atoms with Crippen molar-refractivity contribution < 1.29 is 13.2 Å². The highest BCUT2D eigenvalue weighted by Gasteiger charge is 2.27. The molecule has 0 N–H and O–H groups in total. The summed E-state index contributed by atoms with van der Waals surface area (Å²) in [6, 6.07) is 3.99. The number of carbonyl (C=O) groups excluding carboxylic acids is 1. The fourth-order valence-corrected chi connectivity index (χ4v) is 5.01. The topological polar surface area (TPSA) is 88.4 Å². The predicted octanol–water partition coefficient (Wildman–Crippen LogP) is 1.30. The highest BCUT2D eigenvalue weighted by atomic mass is 32.2. The second-order valence-corrected chi connectivity index (χ2v) is 9.89. The van der Waals surface area contributed by atoms with Crippen LogP contribution in [0.3, 0.4) is 0 Å². The first-order valence-corrected chi connectivity index (χ1v) is 11.4. The van der Waals surface area contributed by atoms with Crippen molar-refractivity contribution in [1.29, 1.82) is 0 Å². The van der Waals surface area contributed by atoms with E-state index < -0.39 is 9.84 Å². The molecule has 2 aromatic heterocycles. The molecule has 4 rings (SSSR count). The Bertz CT molecular complexity index is 940.